The molecule has 42 heavy (non-hydrogen) atoms. The molecule has 3 aromatic heterocycles. The Bertz CT molecular complexity index is 1710. The van der Waals surface area contributed by atoms with E-state index in [1.165, 1.54) is 0 Å². The molecule has 2 aromatic carbocycles. The zero-order chi connectivity index (χ0) is 29.3. The zero-order valence-electron chi connectivity index (χ0n) is 24.3. The standard InChI is InChI=1S/C32H35N9O/c1-21-10-11-24(37-30(42)26-17-27(32(2,3)4)39-41(26)19-22-8-6-5-7-9-22)16-25(21)38-31-33-14-15-40(31)29-18-28(34-20-35-29)36-23-12-13-23/h5-11,14-18,20,23H,12-13,19H2,1-4H3,(H,33,38)(H,37,42)(H,34,35,36). The van der Waals surface area contributed by atoms with Crippen LogP contribution in [0, 0.1) is 6.92 Å². The van der Waals surface area contributed by atoms with Gasteiger partial charge >= 0.3 is 0 Å². The first-order valence-electron chi connectivity index (χ1n) is 14.2. The Morgan fingerprint density at radius 1 is 1.00 bits per heavy atom. The van der Waals surface area contributed by atoms with Crippen LogP contribution >= 0.6 is 0 Å². The molecule has 0 saturated heterocycles. The Hall–Kier alpha value is -4.99. The summed E-state index contributed by atoms with van der Waals surface area (Å²) in [6.07, 6.45) is 7.46. The minimum Gasteiger partial charge on any atom is -0.367 e. The average molecular weight is 562 g/mol. The van der Waals surface area contributed by atoms with Crippen molar-refractivity contribution in [2.24, 2.45) is 0 Å². The van der Waals surface area contributed by atoms with Gasteiger partial charge in [0, 0.05) is 41.3 Å². The van der Waals surface area contributed by atoms with Gasteiger partial charge in [-0.2, -0.15) is 5.10 Å². The van der Waals surface area contributed by atoms with Crippen LogP contribution in [0.4, 0.5) is 23.1 Å². The van der Waals surface area contributed by atoms with E-state index in [0.717, 1.165) is 41.2 Å². The van der Waals surface area contributed by atoms with Crippen molar-refractivity contribution in [3.63, 3.8) is 0 Å². The fourth-order valence-electron chi connectivity index (χ4n) is 4.57. The highest BCUT2D eigenvalue weighted by Gasteiger charge is 2.24. The van der Waals surface area contributed by atoms with E-state index < -0.39 is 0 Å². The number of anilines is 4. The Morgan fingerprint density at radius 2 is 1.81 bits per heavy atom. The van der Waals surface area contributed by atoms with Gasteiger partial charge in [-0.25, -0.2) is 15.0 Å². The molecule has 214 valence electrons. The summed E-state index contributed by atoms with van der Waals surface area (Å²) in [7, 11) is 0. The fourth-order valence-corrected chi connectivity index (χ4v) is 4.57. The molecule has 0 aliphatic heterocycles. The van der Waals surface area contributed by atoms with Crippen molar-refractivity contribution in [1.82, 2.24) is 29.3 Å². The van der Waals surface area contributed by atoms with Gasteiger partial charge in [0.05, 0.1) is 12.2 Å². The lowest BCUT2D eigenvalue weighted by Crippen LogP contribution is -2.18. The van der Waals surface area contributed by atoms with Crippen LogP contribution in [0.15, 0.2) is 79.4 Å². The van der Waals surface area contributed by atoms with Crippen molar-refractivity contribution in [1.29, 1.82) is 0 Å². The number of nitrogens with one attached hydrogen (secondary N) is 3. The smallest absolute Gasteiger partial charge is 0.273 e. The molecule has 3 N–H and O–H groups in total. The second-order valence-corrected chi connectivity index (χ2v) is 11.7. The third kappa shape index (κ3) is 6.17. The van der Waals surface area contributed by atoms with E-state index in [-0.39, 0.29) is 11.3 Å². The molecule has 0 bridgehead atoms. The number of amides is 1. The first-order valence-corrected chi connectivity index (χ1v) is 14.2. The van der Waals surface area contributed by atoms with E-state index in [1.54, 1.807) is 17.2 Å². The number of nitrogens with zero attached hydrogens (tertiary/aromatic N) is 6. The highest BCUT2D eigenvalue weighted by atomic mass is 16.2. The van der Waals surface area contributed by atoms with E-state index in [9.17, 15) is 4.79 Å². The van der Waals surface area contributed by atoms with Gasteiger partial charge in [-0.1, -0.05) is 57.2 Å². The Labute approximate surface area is 245 Å². The van der Waals surface area contributed by atoms with Gasteiger partial charge in [0.2, 0.25) is 5.95 Å². The highest BCUT2D eigenvalue weighted by molar-refractivity contribution is 6.03. The van der Waals surface area contributed by atoms with Crippen LogP contribution < -0.4 is 16.0 Å². The van der Waals surface area contributed by atoms with E-state index in [0.29, 0.717) is 35.7 Å². The largest absolute Gasteiger partial charge is 0.367 e. The molecule has 0 radical (unpaired) electrons. The SMILES string of the molecule is Cc1ccc(NC(=O)c2cc(C(C)(C)C)nn2Cc2ccccc2)cc1Nc1nccn1-c1cc(NC2CC2)ncn1. The van der Waals surface area contributed by atoms with Gasteiger partial charge in [0.15, 0.2) is 0 Å². The van der Waals surface area contributed by atoms with Crippen LogP contribution in [0.2, 0.25) is 0 Å². The van der Waals surface area contributed by atoms with Gasteiger partial charge in [-0.3, -0.25) is 14.0 Å². The summed E-state index contributed by atoms with van der Waals surface area (Å²) in [6, 6.07) is 20.1. The van der Waals surface area contributed by atoms with Gasteiger partial charge in [-0.05, 0) is 49.1 Å². The summed E-state index contributed by atoms with van der Waals surface area (Å²) < 4.78 is 3.66. The second-order valence-electron chi connectivity index (χ2n) is 11.7. The van der Waals surface area contributed by atoms with Crippen LogP contribution in [-0.2, 0) is 12.0 Å². The van der Waals surface area contributed by atoms with Gasteiger partial charge in [0.1, 0.15) is 23.7 Å². The average Bonchev–Trinajstić information content (AvgIpc) is 3.47. The molecule has 3 heterocycles. The van der Waals surface area contributed by atoms with Crippen molar-refractivity contribution in [2.75, 3.05) is 16.0 Å². The number of hydrogen-bond donors (Lipinski definition) is 3. The number of carbonyl (C=O) groups excluding carboxylic acids is 1. The molecule has 0 atom stereocenters. The molecule has 10 heteroatoms. The lowest BCUT2D eigenvalue weighted by molar-refractivity contribution is 0.101. The molecular formula is C32H35N9O. The number of carbonyl (C=O) groups is 1. The summed E-state index contributed by atoms with van der Waals surface area (Å²) in [5, 5.41) is 14.7. The molecule has 1 fully saturated rings. The normalized spacial score (nSPS) is 13.1. The Balaban J connectivity index is 1.23. The van der Waals surface area contributed by atoms with E-state index in [1.807, 2.05) is 78.4 Å². The Morgan fingerprint density at radius 3 is 2.57 bits per heavy atom. The summed E-state index contributed by atoms with van der Waals surface area (Å²) >= 11 is 0. The van der Waals surface area contributed by atoms with Crippen LogP contribution in [0.5, 0.6) is 0 Å². The number of imidazole rings is 1. The second kappa shape index (κ2) is 11.1. The molecule has 1 aliphatic rings. The maximum Gasteiger partial charge on any atom is 0.273 e. The maximum atomic E-state index is 13.6. The predicted molar refractivity (Wildman–Crippen MR) is 165 cm³/mol. The van der Waals surface area contributed by atoms with Crippen molar-refractivity contribution >= 4 is 29.0 Å². The quantitative estimate of drug-likeness (QED) is 0.200. The topological polar surface area (TPSA) is 115 Å². The summed E-state index contributed by atoms with van der Waals surface area (Å²) in [5.74, 6) is 1.89. The summed E-state index contributed by atoms with van der Waals surface area (Å²) in [5.41, 5.74) is 4.73. The first-order chi connectivity index (χ1) is 20.2. The molecular weight excluding hydrogens is 526 g/mol. The minimum absolute atomic E-state index is 0.196. The zero-order valence-corrected chi connectivity index (χ0v) is 24.3. The number of aryl methyl sites for hydroxylation is 1. The van der Waals surface area contributed by atoms with Crippen LogP contribution in [-0.4, -0.2) is 41.2 Å². The lowest BCUT2D eigenvalue weighted by Gasteiger charge is -2.14. The number of aromatic nitrogens is 6. The van der Waals surface area contributed by atoms with Crippen LogP contribution in [0.1, 0.15) is 60.9 Å². The highest BCUT2D eigenvalue weighted by Crippen LogP contribution is 2.28. The Kier molecular flexibility index (Phi) is 7.20. The number of hydrogen-bond acceptors (Lipinski definition) is 7. The van der Waals surface area contributed by atoms with Crippen LogP contribution in [0.25, 0.3) is 5.82 Å². The lowest BCUT2D eigenvalue weighted by atomic mass is 9.92. The third-order valence-electron chi connectivity index (χ3n) is 7.17. The van der Waals surface area contributed by atoms with Gasteiger partial charge in [0.25, 0.3) is 5.91 Å². The third-order valence-corrected chi connectivity index (χ3v) is 7.17. The maximum absolute atomic E-state index is 13.6. The number of rotatable bonds is 9. The molecule has 0 unspecified atom stereocenters. The number of benzene rings is 2. The molecule has 0 spiro atoms. The van der Waals surface area contributed by atoms with Gasteiger partial charge < -0.3 is 16.0 Å². The molecule has 1 amide bonds. The molecule has 10 nitrogen and oxygen atoms in total. The van der Waals surface area contributed by atoms with Crippen molar-refractivity contribution in [2.45, 2.75) is 58.5 Å². The predicted octanol–water partition coefficient (Wildman–Crippen LogP) is 6.08. The molecule has 6 rings (SSSR count). The van der Waals surface area contributed by atoms with E-state index in [4.69, 9.17) is 5.10 Å². The molecule has 5 aromatic rings. The summed E-state index contributed by atoms with van der Waals surface area (Å²) in [4.78, 5) is 26.9. The van der Waals surface area contributed by atoms with Crippen LogP contribution in [0.3, 0.4) is 0 Å². The van der Waals surface area contributed by atoms with E-state index in [2.05, 4.69) is 51.7 Å². The monoisotopic (exact) mass is 561 g/mol. The fraction of sp³-hybridized carbons (Fsp3) is 0.281. The van der Waals surface area contributed by atoms with Crippen molar-refractivity contribution in [3.05, 3.63) is 102 Å². The van der Waals surface area contributed by atoms with Crippen molar-refractivity contribution < 1.29 is 4.79 Å². The molecule has 1 aliphatic carbocycles. The summed E-state index contributed by atoms with van der Waals surface area (Å²) in [6.45, 7) is 8.80. The molecule has 1 saturated carbocycles. The minimum atomic E-state index is -0.220. The van der Waals surface area contributed by atoms with E-state index >= 15 is 0 Å². The first kappa shape index (κ1) is 27.2. The van der Waals surface area contributed by atoms with Gasteiger partial charge in [-0.15, -0.1) is 0 Å². The van der Waals surface area contributed by atoms with Crippen molar-refractivity contribution in [3.8, 4) is 5.82 Å².